The van der Waals surface area contributed by atoms with Crippen LogP contribution in [0.2, 0.25) is 0 Å². The zero-order valence-electron chi connectivity index (χ0n) is 8.87. The van der Waals surface area contributed by atoms with Crippen molar-refractivity contribution in [1.29, 1.82) is 0 Å². The molecule has 6 heteroatoms. The molecule has 2 amide bonds. The molecule has 0 saturated carbocycles. The highest BCUT2D eigenvalue weighted by molar-refractivity contribution is 9.10. The molecule has 2 rings (SSSR count). The Kier molecular flexibility index (Phi) is 3.54. The van der Waals surface area contributed by atoms with Gasteiger partial charge in [0.15, 0.2) is 0 Å². The molecule has 1 fully saturated rings. The zero-order chi connectivity index (χ0) is 12.4. The molecule has 1 aliphatic rings. The summed E-state index contributed by atoms with van der Waals surface area (Å²) in [6.45, 7) is 0.215. The predicted molar refractivity (Wildman–Crippen MR) is 62.5 cm³/mol. The third kappa shape index (κ3) is 2.70. The Bertz CT molecular complexity index is 463. The maximum atomic E-state index is 13.6. The normalized spacial score (nSPS) is 16.5. The molecule has 90 valence electrons. The number of carbonyl (C=O) groups is 2. The number of hydrogen-bond acceptors (Lipinski definition) is 3. The maximum absolute atomic E-state index is 13.6. The van der Waals surface area contributed by atoms with Gasteiger partial charge in [-0.2, -0.15) is 0 Å². The van der Waals surface area contributed by atoms with E-state index in [1.165, 1.54) is 6.07 Å². The van der Waals surface area contributed by atoms with E-state index in [4.69, 9.17) is 0 Å². The lowest BCUT2D eigenvalue weighted by Gasteiger charge is -2.25. The molecule has 1 aliphatic heterocycles. The fraction of sp³-hybridized carbons (Fsp3) is 0.273. The SMILES string of the molecule is O=C1CNCC(=O)N1Cc1ccc(Br)cc1F. The molecule has 0 bridgehead atoms. The van der Waals surface area contributed by atoms with Crippen molar-refractivity contribution in [2.45, 2.75) is 6.54 Å². The summed E-state index contributed by atoms with van der Waals surface area (Å²) in [6.07, 6.45) is 0. The van der Waals surface area contributed by atoms with E-state index in [2.05, 4.69) is 21.2 Å². The number of amides is 2. The van der Waals surface area contributed by atoms with Crippen LogP contribution in [0.25, 0.3) is 0 Å². The van der Waals surface area contributed by atoms with Crippen LogP contribution in [-0.4, -0.2) is 29.8 Å². The highest BCUT2D eigenvalue weighted by atomic mass is 79.9. The van der Waals surface area contributed by atoms with Gasteiger partial charge in [-0.15, -0.1) is 0 Å². The molecular formula is C11H10BrFN2O2. The summed E-state index contributed by atoms with van der Waals surface area (Å²) >= 11 is 3.15. The van der Waals surface area contributed by atoms with E-state index in [-0.39, 0.29) is 31.4 Å². The molecule has 0 unspecified atom stereocenters. The average molecular weight is 301 g/mol. The molecule has 1 saturated heterocycles. The van der Waals surface area contributed by atoms with Gasteiger partial charge in [-0.25, -0.2) is 4.39 Å². The summed E-state index contributed by atoms with van der Waals surface area (Å²) in [7, 11) is 0. The number of imide groups is 1. The Morgan fingerprint density at radius 3 is 2.53 bits per heavy atom. The fourth-order valence-corrected chi connectivity index (χ4v) is 1.94. The number of rotatable bonds is 2. The van der Waals surface area contributed by atoms with E-state index < -0.39 is 5.82 Å². The van der Waals surface area contributed by atoms with Gasteiger partial charge < -0.3 is 0 Å². The molecule has 1 aromatic carbocycles. The molecule has 0 spiro atoms. The molecule has 0 aliphatic carbocycles. The van der Waals surface area contributed by atoms with E-state index in [0.29, 0.717) is 10.0 Å². The maximum Gasteiger partial charge on any atom is 0.243 e. The number of nitrogens with one attached hydrogen (secondary N) is 1. The van der Waals surface area contributed by atoms with Gasteiger partial charge in [-0.3, -0.25) is 19.8 Å². The van der Waals surface area contributed by atoms with Crippen molar-refractivity contribution in [3.63, 3.8) is 0 Å². The molecule has 0 aromatic heterocycles. The van der Waals surface area contributed by atoms with Crippen molar-refractivity contribution >= 4 is 27.7 Å². The lowest BCUT2D eigenvalue weighted by molar-refractivity contribution is -0.147. The van der Waals surface area contributed by atoms with Crippen LogP contribution in [0.15, 0.2) is 22.7 Å². The van der Waals surface area contributed by atoms with Crippen molar-refractivity contribution in [2.75, 3.05) is 13.1 Å². The summed E-state index contributed by atoms with van der Waals surface area (Å²) in [5.74, 6) is -1.09. The lowest BCUT2D eigenvalue weighted by atomic mass is 10.2. The summed E-state index contributed by atoms with van der Waals surface area (Å²) in [6, 6.07) is 4.55. The molecule has 1 aromatic rings. The zero-order valence-corrected chi connectivity index (χ0v) is 10.5. The van der Waals surface area contributed by atoms with Gasteiger partial charge in [0.2, 0.25) is 11.8 Å². The fourth-order valence-electron chi connectivity index (χ4n) is 1.60. The Balaban J connectivity index is 2.19. The lowest BCUT2D eigenvalue weighted by Crippen LogP contribution is -2.51. The van der Waals surface area contributed by atoms with E-state index in [1.54, 1.807) is 12.1 Å². The van der Waals surface area contributed by atoms with Crippen LogP contribution < -0.4 is 5.32 Å². The molecular weight excluding hydrogens is 291 g/mol. The molecule has 1 heterocycles. The summed E-state index contributed by atoms with van der Waals surface area (Å²) in [4.78, 5) is 24.1. The topological polar surface area (TPSA) is 49.4 Å². The van der Waals surface area contributed by atoms with Crippen LogP contribution in [0.1, 0.15) is 5.56 Å². The highest BCUT2D eigenvalue weighted by Gasteiger charge is 2.26. The van der Waals surface area contributed by atoms with E-state index in [9.17, 15) is 14.0 Å². The molecule has 0 radical (unpaired) electrons. The smallest absolute Gasteiger partial charge is 0.243 e. The number of hydrogen-bond donors (Lipinski definition) is 1. The first-order valence-corrected chi connectivity index (χ1v) is 5.85. The summed E-state index contributed by atoms with van der Waals surface area (Å²) in [5.41, 5.74) is 0.330. The van der Waals surface area contributed by atoms with Gasteiger partial charge in [0.1, 0.15) is 5.82 Å². The molecule has 4 nitrogen and oxygen atoms in total. The van der Waals surface area contributed by atoms with Gasteiger partial charge >= 0.3 is 0 Å². The van der Waals surface area contributed by atoms with E-state index in [0.717, 1.165) is 4.90 Å². The first-order valence-electron chi connectivity index (χ1n) is 5.06. The largest absolute Gasteiger partial charge is 0.300 e. The first-order chi connectivity index (χ1) is 8.08. The van der Waals surface area contributed by atoms with E-state index >= 15 is 0 Å². The van der Waals surface area contributed by atoms with Gasteiger partial charge in [-0.1, -0.05) is 22.0 Å². The highest BCUT2D eigenvalue weighted by Crippen LogP contribution is 2.17. The number of benzene rings is 1. The van der Waals surface area contributed by atoms with Gasteiger partial charge in [0.05, 0.1) is 19.6 Å². The van der Waals surface area contributed by atoms with Crippen LogP contribution in [0.3, 0.4) is 0 Å². The third-order valence-corrected chi connectivity index (χ3v) is 2.99. The molecule has 1 N–H and O–H groups in total. The number of halogens is 2. The van der Waals surface area contributed by atoms with Crippen molar-refractivity contribution in [3.05, 3.63) is 34.1 Å². The summed E-state index contributed by atoms with van der Waals surface area (Å²) < 4.78 is 14.2. The standard InChI is InChI=1S/C11H10BrFN2O2/c12-8-2-1-7(9(13)3-8)6-15-10(16)4-14-5-11(15)17/h1-3,14H,4-6H2. The Hall–Kier alpha value is -1.27. The molecule has 17 heavy (non-hydrogen) atoms. The second kappa shape index (κ2) is 4.93. The van der Waals surface area contributed by atoms with Crippen LogP contribution >= 0.6 is 15.9 Å². The van der Waals surface area contributed by atoms with Gasteiger partial charge in [0, 0.05) is 10.0 Å². The average Bonchev–Trinajstić information content (AvgIpc) is 2.26. The third-order valence-electron chi connectivity index (χ3n) is 2.50. The molecule has 0 atom stereocenters. The monoisotopic (exact) mass is 300 g/mol. The van der Waals surface area contributed by atoms with Crippen LogP contribution in [0.5, 0.6) is 0 Å². The van der Waals surface area contributed by atoms with Crippen molar-refractivity contribution in [3.8, 4) is 0 Å². The minimum absolute atomic E-state index is 0.0154. The predicted octanol–water partition coefficient (Wildman–Crippen LogP) is 1.05. The van der Waals surface area contributed by atoms with Crippen LogP contribution in [0, 0.1) is 5.82 Å². The Labute approximate surface area is 106 Å². The second-order valence-corrected chi connectivity index (χ2v) is 4.63. The Morgan fingerprint density at radius 1 is 1.29 bits per heavy atom. The van der Waals surface area contributed by atoms with Crippen molar-refractivity contribution in [1.82, 2.24) is 10.2 Å². The van der Waals surface area contributed by atoms with Crippen LogP contribution in [0.4, 0.5) is 4.39 Å². The number of carbonyl (C=O) groups excluding carboxylic acids is 2. The van der Waals surface area contributed by atoms with Gasteiger partial charge in [0.25, 0.3) is 0 Å². The minimum atomic E-state index is -0.432. The Morgan fingerprint density at radius 2 is 1.94 bits per heavy atom. The van der Waals surface area contributed by atoms with Crippen molar-refractivity contribution < 1.29 is 14.0 Å². The van der Waals surface area contributed by atoms with E-state index in [1.807, 2.05) is 0 Å². The first kappa shape index (κ1) is 12.2. The summed E-state index contributed by atoms with van der Waals surface area (Å²) in [5, 5.41) is 2.68. The van der Waals surface area contributed by atoms with Gasteiger partial charge in [-0.05, 0) is 12.1 Å². The quantitative estimate of drug-likeness (QED) is 0.831. The second-order valence-electron chi connectivity index (χ2n) is 3.71. The number of nitrogens with zero attached hydrogens (tertiary/aromatic N) is 1. The number of piperazine rings is 1. The van der Waals surface area contributed by atoms with Crippen molar-refractivity contribution in [2.24, 2.45) is 0 Å². The minimum Gasteiger partial charge on any atom is -0.300 e. The van der Waals surface area contributed by atoms with Crippen LogP contribution in [-0.2, 0) is 16.1 Å².